The molecule has 3 rings (SSSR count). The first-order valence-corrected chi connectivity index (χ1v) is 8.23. The second-order valence-corrected chi connectivity index (χ2v) is 6.26. The summed E-state index contributed by atoms with van der Waals surface area (Å²) in [5.41, 5.74) is 2.51. The number of aromatic nitrogens is 1. The number of hydrogen-bond donors (Lipinski definition) is 1. The molecule has 1 aliphatic heterocycles. The Balaban J connectivity index is 1.62. The van der Waals surface area contributed by atoms with E-state index in [-0.39, 0.29) is 0 Å². The van der Waals surface area contributed by atoms with E-state index in [4.69, 9.17) is 0 Å². The fourth-order valence-electron chi connectivity index (χ4n) is 2.68. The average molecular weight is 272 g/mol. The first kappa shape index (κ1) is 12.9. The zero-order valence-corrected chi connectivity index (χ0v) is 12.0. The largest absolute Gasteiger partial charge is 0.313 e. The van der Waals surface area contributed by atoms with Crippen LogP contribution in [0.1, 0.15) is 18.4 Å². The van der Waals surface area contributed by atoms with E-state index in [1.54, 1.807) is 0 Å². The van der Waals surface area contributed by atoms with E-state index < -0.39 is 0 Å². The summed E-state index contributed by atoms with van der Waals surface area (Å²) in [5, 5.41) is 4.93. The van der Waals surface area contributed by atoms with Crippen LogP contribution in [0.4, 0.5) is 0 Å². The maximum Gasteiger partial charge on any atom is 0.0734 e. The molecule has 1 saturated heterocycles. The number of rotatable bonds is 4. The number of nitrogens with one attached hydrogen (secondary N) is 1. The zero-order valence-electron chi connectivity index (χ0n) is 11.1. The van der Waals surface area contributed by atoms with Crippen LogP contribution in [0.2, 0.25) is 0 Å². The van der Waals surface area contributed by atoms with Crippen LogP contribution >= 0.6 is 11.8 Å². The number of para-hydroxylation sites is 1. The second-order valence-electron chi connectivity index (χ2n) is 5.11. The van der Waals surface area contributed by atoms with Gasteiger partial charge in [0.2, 0.25) is 0 Å². The molecule has 2 aromatic rings. The van der Waals surface area contributed by atoms with Crippen LogP contribution in [0.15, 0.2) is 36.5 Å². The molecule has 1 aliphatic rings. The summed E-state index contributed by atoms with van der Waals surface area (Å²) >= 11 is 2.08. The highest BCUT2D eigenvalue weighted by molar-refractivity contribution is 7.99. The third kappa shape index (κ3) is 3.28. The molecule has 0 spiro atoms. The number of thioether (sulfide) groups is 1. The van der Waals surface area contributed by atoms with Crippen molar-refractivity contribution in [1.29, 1.82) is 0 Å². The van der Waals surface area contributed by atoms with E-state index in [9.17, 15) is 0 Å². The van der Waals surface area contributed by atoms with Crippen LogP contribution in [0.3, 0.4) is 0 Å². The molecule has 0 radical (unpaired) electrons. The van der Waals surface area contributed by atoms with Crippen molar-refractivity contribution < 1.29 is 0 Å². The lowest BCUT2D eigenvalue weighted by atomic mass is 10.1. The molecule has 2 nitrogen and oxygen atoms in total. The molecular weight excluding hydrogens is 252 g/mol. The summed E-state index contributed by atoms with van der Waals surface area (Å²) in [7, 11) is 0. The van der Waals surface area contributed by atoms with Gasteiger partial charge in [0.1, 0.15) is 0 Å². The Morgan fingerprint density at radius 1 is 1.26 bits per heavy atom. The van der Waals surface area contributed by atoms with Gasteiger partial charge < -0.3 is 5.32 Å². The van der Waals surface area contributed by atoms with Crippen molar-refractivity contribution in [2.24, 2.45) is 0 Å². The lowest BCUT2D eigenvalue weighted by Gasteiger charge is -2.22. The molecule has 1 fully saturated rings. The molecule has 0 bridgehead atoms. The normalized spacial score (nSPS) is 19.7. The highest BCUT2D eigenvalue weighted by Crippen LogP contribution is 2.18. The van der Waals surface area contributed by atoms with Gasteiger partial charge in [-0.15, -0.1) is 0 Å². The third-order valence-electron chi connectivity index (χ3n) is 3.70. The maximum absolute atomic E-state index is 4.51. The van der Waals surface area contributed by atoms with Gasteiger partial charge in [0.05, 0.1) is 5.52 Å². The summed E-state index contributed by atoms with van der Waals surface area (Å²) in [6.07, 6.45) is 5.64. The Morgan fingerprint density at radius 2 is 2.21 bits per heavy atom. The van der Waals surface area contributed by atoms with Crippen molar-refractivity contribution >= 4 is 22.7 Å². The summed E-state index contributed by atoms with van der Waals surface area (Å²) in [5.74, 6) is 2.61. The fraction of sp³-hybridized carbons (Fsp3) is 0.438. The van der Waals surface area contributed by atoms with Crippen molar-refractivity contribution in [3.05, 3.63) is 42.1 Å². The van der Waals surface area contributed by atoms with Crippen LogP contribution in [-0.4, -0.2) is 29.1 Å². The Kier molecular flexibility index (Phi) is 4.36. The van der Waals surface area contributed by atoms with Gasteiger partial charge in [-0.05, 0) is 43.2 Å². The highest BCUT2D eigenvalue weighted by Gasteiger charge is 2.12. The van der Waals surface area contributed by atoms with Crippen molar-refractivity contribution in [1.82, 2.24) is 10.3 Å². The molecule has 1 atom stereocenters. The maximum atomic E-state index is 4.51. The average Bonchev–Trinajstić information content (AvgIpc) is 2.49. The number of pyridine rings is 1. The van der Waals surface area contributed by atoms with Crippen LogP contribution in [0.5, 0.6) is 0 Å². The van der Waals surface area contributed by atoms with E-state index in [1.807, 2.05) is 12.3 Å². The number of nitrogens with zero attached hydrogens (tertiary/aromatic N) is 1. The molecule has 1 aromatic heterocycles. The minimum absolute atomic E-state index is 0.710. The Hall–Kier alpha value is -1.06. The Bertz CT molecular complexity index is 530. The molecule has 0 saturated carbocycles. The molecule has 0 aliphatic carbocycles. The predicted octanol–water partition coefficient (Wildman–Crippen LogP) is 3.26. The predicted molar refractivity (Wildman–Crippen MR) is 83.8 cm³/mol. The highest BCUT2D eigenvalue weighted by atomic mass is 32.2. The van der Waals surface area contributed by atoms with E-state index in [2.05, 4.69) is 46.3 Å². The van der Waals surface area contributed by atoms with Crippen molar-refractivity contribution in [3.8, 4) is 0 Å². The summed E-state index contributed by atoms with van der Waals surface area (Å²) in [6, 6.07) is 11.3. The van der Waals surface area contributed by atoms with Gasteiger partial charge in [0, 0.05) is 23.4 Å². The molecular formula is C16H20N2S. The van der Waals surface area contributed by atoms with E-state index in [0.29, 0.717) is 6.04 Å². The van der Waals surface area contributed by atoms with Crippen molar-refractivity contribution in [2.75, 3.05) is 18.1 Å². The van der Waals surface area contributed by atoms with Gasteiger partial charge in [-0.25, -0.2) is 0 Å². The summed E-state index contributed by atoms with van der Waals surface area (Å²) < 4.78 is 0. The quantitative estimate of drug-likeness (QED) is 0.924. The smallest absolute Gasteiger partial charge is 0.0734 e. The topological polar surface area (TPSA) is 24.9 Å². The van der Waals surface area contributed by atoms with Crippen LogP contribution in [0, 0.1) is 0 Å². The molecule has 100 valence electrons. The van der Waals surface area contributed by atoms with Gasteiger partial charge in [-0.3, -0.25) is 4.98 Å². The van der Waals surface area contributed by atoms with Crippen molar-refractivity contribution in [3.63, 3.8) is 0 Å². The van der Waals surface area contributed by atoms with E-state index in [0.717, 1.165) is 18.5 Å². The minimum atomic E-state index is 0.710. The molecule has 1 aromatic carbocycles. The van der Waals surface area contributed by atoms with Gasteiger partial charge >= 0.3 is 0 Å². The standard InChI is InChI=1S/C16H20N2S/c1-4-13-6-2-9-18-16(13)14(5-1)8-10-17-15-7-3-11-19-12-15/h1-2,4-6,9,15,17H,3,7-8,10-12H2. The van der Waals surface area contributed by atoms with E-state index in [1.165, 1.54) is 35.3 Å². The number of fused-ring (bicyclic) bond motifs is 1. The van der Waals surface area contributed by atoms with Gasteiger partial charge in [-0.1, -0.05) is 24.3 Å². The SMILES string of the molecule is c1cnc2c(CCNC3CCCSC3)cccc2c1. The first-order chi connectivity index (χ1) is 9.43. The zero-order chi connectivity index (χ0) is 12.9. The third-order valence-corrected chi connectivity index (χ3v) is 4.92. The molecule has 2 heterocycles. The molecule has 1 unspecified atom stereocenters. The van der Waals surface area contributed by atoms with Crippen LogP contribution in [0.25, 0.3) is 10.9 Å². The Labute approximate surface area is 119 Å². The van der Waals surface area contributed by atoms with Crippen molar-refractivity contribution in [2.45, 2.75) is 25.3 Å². The summed E-state index contributed by atoms with van der Waals surface area (Å²) in [6.45, 7) is 1.06. The van der Waals surface area contributed by atoms with E-state index >= 15 is 0 Å². The minimum Gasteiger partial charge on any atom is -0.313 e. The number of hydrogen-bond acceptors (Lipinski definition) is 3. The molecule has 19 heavy (non-hydrogen) atoms. The molecule has 3 heteroatoms. The molecule has 0 amide bonds. The van der Waals surface area contributed by atoms with Crippen LogP contribution in [-0.2, 0) is 6.42 Å². The molecule has 1 N–H and O–H groups in total. The Morgan fingerprint density at radius 3 is 3.11 bits per heavy atom. The van der Waals surface area contributed by atoms with Gasteiger partial charge in [0.15, 0.2) is 0 Å². The number of benzene rings is 1. The van der Waals surface area contributed by atoms with Gasteiger partial charge in [0.25, 0.3) is 0 Å². The first-order valence-electron chi connectivity index (χ1n) is 7.07. The second kappa shape index (κ2) is 6.40. The lowest BCUT2D eigenvalue weighted by molar-refractivity contribution is 0.511. The lowest BCUT2D eigenvalue weighted by Crippen LogP contribution is -2.35. The van der Waals surface area contributed by atoms with Gasteiger partial charge in [-0.2, -0.15) is 11.8 Å². The summed E-state index contributed by atoms with van der Waals surface area (Å²) in [4.78, 5) is 4.51. The fourth-order valence-corrected chi connectivity index (χ4v) is 3.79. The van der Waals surface area contributed by atoms with Crippen LogP contribution < -0.4 is 5.32 Å². The monoisotopic (exact) mass is 272 g/mol.